The van der Waals surface area contributed by atoms with Gasteiger partial charge in [-0.1, -0.05) is 23.7 Å². The number of ether oxygens (including phenoxy) is 1. The Bertz CT molecular complexity index is 804. The lowest BCUT2D eigenvalue weighted by Gasteiger charge is -2.09. The molecule has 0 saturated carbocycles. The van der Waals surface area contributed by atoms with E-state index in [9.17, 15) is 8.78 Å². The SMILES string of the molecule is Nc1c(-c2ccccc2OC(F)F)nc2c(Cl)cccn12. The number of nitrogens with zero attached hydrogens (tertiary/aromatic N) is 2. The maximum absolute atomic E-state index is 12.5. The maximum atomic E-state index is 12.5. The van der Waals surface area contributed by atoms with Crippen LogP contribution >= 0.6 is 11.6 Å². The molecule has 0 spiro atoms. The molecule has 0 atom stereocenters. The number of halogens is 3. The van der Waals surface area contributed by atoms with Crippen LogP contribution in [0.25, 0.3) is 16.9 Å². The first kappa shape index (κ1) is 13.6. The third-order valence-corrected chi connectivity index (χ3v) is 3.29. The number of para-hydroxylation sites is 1. The number of hydrogen-bond acceptors (Lipinski definition) is 3. The summed E-state index contributed by atoms with van der Waals surface area (Å²) < 4.78 is 31.1. The van der Waals surface area contributed by atoms with Gasteiger partial charge >= 0.3 is 6.61 Å². The lowest BCUT2D eigenvalue weighted by molar-refractivity contribution is -0.0494. The molecule has 7 heteroatoms. The third-order valence-electron chi connectivity index (χ3n) is 3.00. The molecule has 0 aliphatic carbocycles. The summed E-state index contributed by atoms with van der Waals surface area (Å²) in [6.45, 7) is -2.92. The summed E-state index contributed by atoms with van der Waals surface area (Å²) in [6.07, 6.45) is 1.70. The Morgan fingerprint density at radius 1 is 1.19 bits per heavy atom. The van der Waals surface area contributed by atoms with E-state index in [1.54, 1.807) is 40.9 Å². The average Bonchev–Trinajstić information content (AvgIpc) is 2.78. The quantitative estimate of drug-likeness (QED) is 0.800. The van der Waals surface area contributed by atoms with Crippen LogP contribution < -0.4 is 10.5 Å². The minimum atomic E-state index is -2.92. The van der Waals surface area contributed by atoms with Crippen molar-refractivity contribution < 1.29 is 13.5 Å². The highest BCUT2D eigenvalue weighted by Crippen LogP contribution is 2.35. The average molecular weight is 310 g/mol. The first-order valence-electron chi connectivity index (χ1n) is 6.04. The molecule has 0 radical (unpaired) electrons. The van der Waals surface area contributed by atoms with Crippen LogP contribution in [-0.4, -0.2) is 16.0 Å². The first-order valence-corrected chi connectivity index (χ1v) is 6.42. The Hall–Kier alpha value is -2.34. The van der Waals surface area contributed by atoms with Crippen molar-refractivity contribution in [2.45, 2.75) is 6.61 Å². The zero-order valence-corrected chi connectivity index (χ0v) is 11.4. The van der Waals surface area contributed by atoms with Crippen LogP contribution in [-0.2, 0) is 0 Å². The van der Waals surface area contributed by atoms with Crippen LogP contribution in [0.1, 0.15) is 0 Å². The van der Waals surface area contributed by atoms with E-state index in [0.29, 0.717) is 27.7 Å². The number of fused-ring (bicyclic) bond motifs is 1. The highest BCUT2D eigenvalue weighted by molar-refractivity contribution is 6.33. The Morgan fingerprint density at radius 2 is 1.95 bits per heavy atom. The Kier molecular flexibility index (Phi) is 3.39. The predicted octanol–water partition coefficient (Wildman–Crippen LogP) is 3.84. The number of pyridine rings is 1. The zero-order valence-electron chi connectivity index (χ0n) is 10.6. The van der Waals surface area contributed by atoms with Gasteiger partial charge in [0.25, 0.3) is 0 Å². The number of nitrogens with two attached hydrogens (primary N) is 1. The summed E-state index contributed by atoms with van der Waals surface area (Å²) in [5.41, 5.74) is 7.23. The molecule has 3 rings (SSSR count). The van der Waals surface area contributed by atoms with E-state index in [4.69, 9.17) is 17.3 Å². The van der Waals surface area contributed by atoms with Gasteiger partial charge in [0.2, 0.25) is 0 Å². The monoisotopic (exact) mass is 309 g/mol. The van der Waals surface area contributed by atoms with Gasteiger partial charge in [-0.2, -0.15) is 8.78 Å². The van der Waals surface area contributed by atoms with Crippen LogP contribution in [0, 0.1) is 0 Å². The third kappa shape index (κ3) is 2.38. The normalized spacial score (nSPS) is 11.2. The fourth-order valence-corrected chi connectivity index (χ4v) is 2.32. The van der Waals surface area contributed by atoms with Crippen molar-refractivity contribution >= 4 is 23.1 Å². The van der Waals surface area contributed by atoms with E-state index in [1.165, 1.54) is 6.07 Å². The second-order valence-electron chi connectivity index (χ2n) is 4.27. The topological polar surface area (TPSA) is 52.5 Å². The molecule has 0 fully saturated rings. The molecule has 3 aromatic rings. The molecular weight excluding hydrogens is 300 g/mol. The lowest BCUT2D eigenvalue weighted by atomic mass is 10.1. The van der Waals surface area contributed by atoms with Gasteiger partial charge in [-0.15, -0.1) is 0 Å². The molecule has 108 valence electrons. The molecule has 0 aliphatic heterocycles. The summed E-state index contributed by atoms with van der Waals surface area (Å²) in [6, 6.07) is 9.74. The van der Waals surface area contributed by atoms with Gasteiger partial charge in [-0.25, -0.2) is 4.98 Å². The Balaban J connectivity index is 2.22. The number of aromatic nitrogens is 2. The molecule has 0 amide bonds. The fraction of sp³-hybridized carbons (Fsp3) is 0.0714. The number of anilines is 1. The minimum absolute atomic E-state index is 0.0127. The molecule has 4 nitrogen and oxygen atoms in total. The minimum Gasteiger partial charge on any atom is -0.434 e. The molecule has 2 N–H and O–H groups in total. The number of rotatable bonds is 3. The lowest BCUT2D eigenvalue weighted by Crippen LogP contribution is -2.03. The predicted molar refractivity (Wildman–Crippen MR) is 76.7 cm³/mol. The molecule has 0 bridgehead atoms. The van der Waals surface area contributed by atoms with Crippen LogP contribution in [0.2, 0.25) is 5.02 Å². The highest BCUT2D eigenvalue weighted by Gasteiger charge is 2.18. The molecule has 2 heterocycles. The number of hydrogen-bond donors (Lipinski definition) is 1. The second-order valence-corrected chi connectivity index (χ2v) is 4.68. The van der Waals surface area contributed by atoms with Gasteiger partial charge < -0.3 is 10.5 Å². The smallest absolute Gasteiger partial charge is 0.387 e. The van der Waals surface area contributed by atoms with E-state index in [2.05, 4.69) is 9.72 Å². The van der Waals surface area contributed by atoms with Crippen molar-refractivity contribution in [1.82, 2.24) is 9.38 Å². The van der Waals surface area contributed by atoms with Crippen molar-refractivity contribution in [2.75, 3.05) is 5.73 Å². The summed E-state index contributed by atoms with van der Waals surface area (Å²) in [5, 5.41) is 0.419. The summed E-state index contributed by atoms with van der Waals surface area (Å²) in [5.74, 6) is 0.316. The zero-order chi connectivity index (χ0) is 15.0. The molecule has 0 saturated heterocycles. The molecular formula is C14H10ClF2N3O. The number of alkyl halides is 2. The number of imidazole rings is 1. The molecule has 0 unspecified atom stereocenters. The van der Waals surface area contributed by atoms with E-state index in [-0.39, 0.29) is 5.75 Å². The largest absolute Gasteiger partial charge is 0.434 e. The van der Waals surface area contributed by atoms with Crippen LogP contribution in [0.3, 0.4) is 0 Å². The molecule has 21 heavy (non-hydrogen) atoms. The molecule has 0 aliphatic rings. The van der Waals surface area contributed by atoms with Crippen molar-refractivity contribution in [2.24, 2.45) is 0 Å². The van der Waals surface area contributed by atoms with E-state index in [0.717, 1.165) is 0 Å². The fourth-order valence-electron chi connectivity index (χ4n) is 2.11. The van der Waals surface area contributed by atoms with Gasteiger partial charge in [0, 0.05) is 11.8 Å². The van der Waals surface area contributed by atoms with E-state index in [1.807, 2.05) is 0 Å². The summed E-state index contributed by atoms with van der Waals surface area (Å²) in [7, 11) is 0. The highest BCUT2D eigenvalue weighted by atomic mass is 35.5. The summed E-state index contributed by atoms with van der Waals surface area (Å²) in [4.78, 5) is 4.33. The number of benzene rings is 1. The maximum Gasteiger partial charge on any atom is 0.387 e. The van der Waals surface area contributed by atoms with E-state index < -0.39 is 6.61 Å². The van der Waals surface area contributed by atoms with Gasteiger partial charge in [0.1, 0.15) is 17.3 Å². The molecule has 1 aromatic carbocycles. The Morgan fingerprint density at radius 3 is 2.67 bits per heavy atom. The van der Waals surface area contributed by atoms with Crippen molar-refractivity contribution in [3.05, 3.63) is 47.6 Å². The van der Waals surface area contributed by atoms with Crippen LogP contribution in [0.5, 0.6) is 5.75 Å². The standard InChI is InChI=1S/C14H10ClF2N3O/c15-9-5-3-7-20-12(18)11(19-13(9)20)8-4-1-2-6-10(8)21-14(16)17/h1-7,14H,18H2. The van der Waals surface area contributed by atoms with Gasteiger partial charge in [-0.05, 0) is 24.3 Å². The van der Waals surface area contributed by atoms with Crippen molar-refractivity contribution in [3.8, 4) is 17.0 Å². The van der Waals surface area contributed by atoms with Crippen molar-refractivity contribution in [3.63, 3.8) is 0 Å². The number of nitrogen functional groups attached to an aromatic ring is 1. The van der Waals surface area contributed by atoms with Crippen molar-refractivity contribution in [1.29, 1.82) is 0 Å². The summed E-state index contributed by atoms with van der Waals surface area (Å²) >= 11 is 6.06. The van der Waals surface area contributed by atoms with E-state index >= 15 is 0 Å². The van der Waals surface area contributed by atoms with Gasteiger partial charge in [-0.3, -0.25) is 4.40 Å². The first-order chi connectivity index (χ1) is 10.1. The Labute approximate surface area is 123 Å². The molecule has 2 aromatic heterocycles. The van der Waals surface area contributed by atoms with Crippen LogP contribution in [0.4, 0.5) is 14.6 Å². The van der Waals surface area contributed by atoms with Crippen LogP contribution in [0.15, 0.2) is 42.6 Å². The van der Waals surface area contributed by atoms with Gasteiger partial charge in [0.15, 0.2) is 5.65 Å². The second kappa shape index (κ2) is 5.21. The van der Waals surface area contributed by atoms with Gasteiger partial charge in [0.05, 0.1) is 5.02 Å².